The molecule has 9 heteroatoms. The molecule has 1 amide bonds. The van der Waals surface area contributed by atoms with Crippen molar-refractivity contribution in [3.05, 3.63) is 64.3 Å². The number of benzene rings is 2. The minimum absolute atomic E-state index is 0.0454. The highest BCUT2D eigenvalue weighted by Gasteiger charge is 2.31. The Labute approximate surface area is 189 Å². The van der Waals surface area contributed by atoms with E-state index in [1.807, 2.05) is 12.1 Å². The van der Waals surface area contributed by atoms with Gasteiger partial charge in [0.25, 0.3) is 5.91 Å². The fourth-order valence-electron chi connectivity index (χ4n) is 3.79. The highest BCUT2D eigenvalue weighted by Crippen LogP contribution is 2.37. The number of hydrogen-bond acceptors (Lipinski definition) is 6. The van der Waals surface area contributed by atoms with Crippen LogP contribution in [0.5, 0.6) is 5.88 Å². The molecule has 1 saturated heterocycles. The largest absolute Gasteiger partial charge is 0.455 e. The summed E-state index contributed by atoms with van der Waals surface area (Å²) in [6, 6.07) is 13.2. The molecule has 2 aromatic carbocycles. The smallest absolute Gasteiger partial charge is 0.268 e. The molecule has 7 nitrogen and oxygen atoms in total. The molecule has 0 saturated carbocycles. The maximum absolute atomic E-state index is 13.0. The van der Waals surface area contributed by atoms with E-state index in [-0.39, 0.29) is 24.1 Å². The molecule has 1 fully saturated rings. The molecule has 1 N–H and O–H groups in total. The summed E-state index contributed by atoms with van der Waals surface area (Å²) in [6.45, 7) is 2.15. The van der Waals surface area contributed by atoms with E-state index in [1.54, 1.807) is 18.2 Å². The Kier molecular flexibility index (Phi) is 5.29. The third kappa shape index (κ3) is 3.86. The molecule has 0 atom stereocenters. The van der Waals surface area contributed by atoms with Gasteiger partial charge < -0.3 is 15.0 Å². The number of nitrogens with zero attached hydrogens (tertiary/aromatic N) is 4. The average molecular weight is 456 g/mol. The molecule has 0 unspecified atom stereocenters. The van der Waals surface area contributed by atoms with Crippen molar-refractivity contribution in [2.45, 2.75) is 12.8 Å². The summed E-state index contributed by atoms with van der Waals surface area (Å²) in [7, 11) is 0. The van der Waals surface area contributed by atoms with Crippen LogP contribution in [0.15, 0.2) is 48.7 Å². The molecule has 31 heavy (non-hydrogen) atoms. The molecule has 0 spiro atoms. The van der Waals surface area contributed by atoms with E-state index in [4.69, 9.17) is 27.9 Å². The van der Waals surface area contributed by atoms with Crippen molar-refractivity contribution in [3.63, 3.8) is 0 Å². The van der Waals surface area contributed by atoms with Crippen molar-refractivity contribution < 1.29 is 9.53 Å². The van der Waals surface area contributed by atoms with Gasteiger partial charge in [0.2, 0.25) is 11.8 Å². The van der Waals surface area contributed by atoms with E-state index in [0.29, 0.717) is 21.7 Å². The van der Waals surface area contributed by atoms with Gasteiger partial charge >= 0.3 is 0 Å². The molecule has 3 heterocycles. The number of para-hydroxylation sites is 1. The van der Waals surface area contributed by atoms with Crippen LogP contribution in [0.25, 0.3) is 0 Å². The van der Waals surface area contributed by atoms with Crippen LogP contribution in [-0.4, -0.2) is 35.7 Å². The van der Waals surface area contributed by atoms with Gasteiger partial charge in [-0.05, 0) is 49.2 Å². The summed E-state index contributed by atoms with van der Waals surface area (Å²) in [6.07, 6.45) is 3.92. The molecule has 5 rings (SSSR count). The Morgan fingerprint density at radius 3 is 2.42 bits per heavy atom. The number of carbonyl (C=O) groups excluding carboxylic acids is 1. The van der Waals surface area contributed by atoms with Gasteiger partial charge in [0.1, 0.15) is 5.56 Å². The summed E-state index contributed by atoms with van der Waals surface area (Å²) < 4.78 is 5.73. The lowest BCUT2D eigenvalue weighted by atomic mass is 10.2. The summed E-state index contributed by atoms with van der Waals surface area (Å²) >= 11 is 12.5. The lowest BCUT2D eigenvalue weighted by molar-refractivity contribution is 0.0932. The number of ether oxygens (including phenoxy) is 1. The number of aromatic nitrogens is 2. The molecular formula is C22H19Cl2N5O2. The Morgan fingerprint density at radius 1 is 1.00 bits per heavy atom. The molecule has 1 aromatic heterocycles. The summed E-state index contributed by atoms with van der Waals surface area (Å²) in [5.41, 5.74) is 2.72. The minimum Gasteiger partial charge on any atom is -0.455 e. The first-order chi connectivity index (χ1) is 15.1. The number of amides is 1. The molecule has 2 aliphatic heterocycles. The maximum Gasteiger partial charge on any atom is 0.268 e. The first-order valence-corrected chi connectivity index (χ1v) is 10.7. The topological polar surface area (TPSA) is 70.6 Å². The zero-order chi connectivity index (χ0) is 21.4. The van der Waals surface area contributed by atoms with Crippen molar-refractivity contribution in [2.24, 2.45) is 0 Å². The van der Waals surface area contributed by atoms with Gasteiger partial charge in [-0.15, -0.1) is 0 Å². The van der Waals surface area contributed by atoms with Crippen LogP contribution in [0.3, 0.4) is 0 Å². The number of nitrogens with one attached hydrogen (secondary N) is 1. The van der Waals surface area contributed by atoms with Crippen LogP contribution in [0.2, 0.25) is 10.0 Å². The summed E-state index contributed by atoms with van der Waals surface area (Å²) in [4.78, 5) is 25.4. The monoisotopic (exact) mass is 455 g/mol. The standard InChI is InChI=1S/C22H19Cl2N5O2/c23-17-4-3-5-18(24)19(17)29-13-31-20-16(21(29)30)12-25-22(27-20)26-14-6-8-15(9-7-14)28-10-1-2-11-28/h3-9,12H,1-2,10-11,13H2,(H,25,26,27). The van der Waals surface area contributed by atoms with Gasteiger partial charge in [-0.1, -0.05) is 29.3 Å². The number of fused-ring (bicyclic) bond motifs is 1. The average Bonchev–Trinajstić information content (AvgIpc) is 3.31. The van der Waals surface area contributed by atoms with Crippen molar-refractivity contribution in [1.29, 1.82) is 0 Å². The molecule has 0 bridgehead atoms. The van der Waals surface area contributed by atoms with Crippen molar-refractivity contribution in [2.75, 3.05) is 34.9 Å². The van der Waals surface area contributed by atoms with E-state index >= 15 is 0 Å². The van der Waals surface area contributed by atoms with Crippen molar-refractivity contribution >= 4 is 52.1 Å². The highest BCUT2D eigenvalue weighted by atomic mass is 35.5. The van der Waals surface area contributed by atoms with Crippen LogP contribution in [0.1, 0.15) is 23.2 Å². The van der Waals surface area contributed by atoms with Crippen molar-refractivity contribution in [1.82, 2.24) is 9.97 Å². The van der Waals surface area contributed by atoms with Crippen LogP contribution in [0.4, 0.5) is 23.0 Å². The fraction of sp³-hybridized carbons (Fsp3) is 0.227. The lowest BCUT2D eigenvalue weighted by Crippen LogP contribution is -2.39. The van der Waals surface area contributed by atoms with Gasteiger partial charge in [0, 0.05) is 30.7 Å². The molecule has 0 aliphatic carbocycles. The molecule has 2 aliphatic rings. The Hall–Kier alpha value is -3.03. The molecule has 3 aromatic rings. The predicted molar refractivity (Wildman–Crippen MR) is 122 cm³/mol. The minimum atomic E-state index is -0.322. The molecule has 158 valence electrons. The van der Waals surface area contributed by atoms with E-state index in [9.17, 15) is 4.79 Å². The molecular weight excluding hydrogens is 437 g/mol. The normalized spacial score (nSPS) is 15.6. The van der Waals surface area contributed by atoms with E-state index < -0.39 is 0 Å². The molecule has 0 radical (unpaired) electrons. The SMILES string of the molecule is O=C1c2cnc(Nc3ccc(N4CCCC4)cc3)nc2OCN1c1c(Cl)cccc1Cl. The van der Waals surface area contributed by atoms with Gasteiger partial charge in [-0.25, -0.2) is 4.98 Å². The first-order valence-electron chi connectivity index (χ1n) is 9.98. The van der Waals surface area contributed by atoms with Gasteiger partial charge in [-0.3, -0.25) is 9.69 Å². The number of halogens is 2. The Morgan fingerprint density at radius 2 is 1.71 bits per heavy atom. The van der Waals surface area contributed by atoms with Crippen LogP contribution in [0, 0.1) is 0 Å². The lowest BCUT2D eigenvalue weighted by Gasteiger charge is -2.29. The zero-order valence-electron chi connectivity index (χ0n) is 16.5. The maximum atomic E-state index is 13.0. The van der Waals surface area contributed by atoms with Crippen LogP contribution >= 0.6 is 23.2 Å². The quantitative estimate of drug-likeness (QED) is 0.588. The van der Waals surface area contributed by atoms with Crippen LogP contribution < -0.4 is 19.9 Å². The summed E-state index contributed by atoms with van der Waals surface area (Å²) in [5, 5.41) is 3.89. The second-order valence-corrected chi connectivity index (χ2v) is 8.17. The number of rotatable bonds is 4. The second-order valence-electron chi connectivity index (χ2n) is 7.36. The van der Waals surface area contributed by atoms with Crippen molar-refractivity contribution in [3.8, 4) is 5.88 Å². The van der Waals surface area contributed by atoms with Gasteiger partial charge in [0.15, 0.2) is 6.73 Å². The van der Waals surface area contributed by atoms with E-state index in [0.717, 1.165) is 18.8 Å². The number of carbonyl (C=O) groups is 1. The predicted octanol–water partition coefficient (Wildman–Crippen LogP) is 5.12. The number of hydrogen-bond donors (Lipinski definition) is 1. The number of anilines is 4. The Bertz CT molecular complexity index is 1110. The first kappa shape index (κ1) is 19.9. The summed E-state index contributed by atoms with van der Waals surface area (Å²) in [5.74, 6) is 0.248. The Balaban J connectivity index is 1.34. The highest BCUT2D eigenvalue weighted by molar-refractivity contribution is 6.40. The zero-order valence-corrected chi connectivity index (χ0v) is 18.0. The third-order valence-electron chi connectivity index (χ3n) is 5.36. The van der Waals surface area contributed by atoms with Gasteiger partial charge in [0.05, 0.1) is 15.7 Å². The van der Waals surface area contributed by atoms with E-state index in [2.05, 4.69) is 32.3 Å². The van der Waals surface area contributed by atoms with E-state index in [1.165, 1.54) is 29.6 Å². The fourth-order valence-corrected chi connectivity index (χ4v) is 4.39. The van der Waals surface area contributed by atoms with Crippen LogP contribution in [-0.2, 0) is 0 Å². The van der Waals surface area contributed by atoms with Gasteiger partial charge in [-0.2, -0.15) is 4.98 Å². The second kappa shape index (κ2) is 8.24. The third-order valence-corrected chi connectivity index (χ3v) is 5.97.